The van der Waals surface area contributed by atoms with Crippen molar-refractivity contribution in [2.24, 2.45) is 0 Å². The van der Waals surface area contributed by atoms with Crippen LogP contribution in [0.2, 0.25) is 0 Å². The van der Waals surface area contributed by atoms with Crippen LogP contribution < -0.4 is 5.32 Å². The average molecular weight is 421 g/mol. The normalized spacial score (nSPS) is 16.0. The van der Waals surface area contributed by atoms with E-state index in [0.29, 0.717) is 11.1 Å². The minimum absolute atomic E-state index is 0.334. The van der Waals surface area contributed by atoms with Crippen LogP contribution in [0.3, 0.4) is 0 Å². The second-order valence-electron chi connectivity index (χ2n) is 8.70. The van der Waals surface area contributed by atoms with Gasteiger partial charge in [0.1, 0.15) is 23.5 Å². The van der Waals surface area contributed by atoms with Gasteiger partial charge in [-0.25, -0.2) is 0 Å². The van der Waals surface area contributed by atoms with E-state index in [1.54, 1.807) is 27.7 Å². The lowest BCUT2D eigenvalue weighted by molar-refractivity contribution is -0.154. The lowest BCUT2D eigenvalue weighted by atomic mass is 9.78. The quantitative estimate of drug-likeness (QED) is 0.573. The summed E-state index contributed by atoms with van der Waals surface area (Å²) in [6, 6.07) is 13.5. The first-order valence-electron chi connectivity index (χ1n) is 10.2. The van der Waals surface area contributed by atoms with Crippen molar-refractivity contribution < 1.29 is 24.2 Å². The predicted molar refractivity (Wildman–Crippen MR) is 118 cm³/mol. The minimum Gasteiger partial charge on any atom is -0.506 e. The van der Waals surface area contributed by atoms with Gasteiger partial charge in [0.15, 0.2) is 5.78 Å². The molecule has 1 atom stereocenters. The van der Waals surface area contributed by atoms with Crippen LogP contribution in [0.15, 0.2) is 48.0 Å². The number of carbonyl (C=O) groups excluding carboxylic acids is 3. The second-order valence-corrected chi connectivity index (χ2v) is 8.70. The summed E-state index contributed by atoms with van der Waals surface area (Å²) < 4.78 is 5.16. The molecule has 0 heterocycles. The number of aliphatic hydroxyl groups is 1. The Morgan fingerprint density at radius 1 is 1.10 bits per heavy atom. The van der Waals surface area contributed by atoms with Crippen molar-refractivity contribution in [2.45, 2.75) is 46.1 Å². The highest BCUT2D eigenvalue weighted by Crippen LogP contribution is 2.39. The fourth-order valence-electron chi connectivity index (χ4n) is 3.71. The first kappa shape index (κ1) is 22.3. The topological polar surface area (TPSA) is 92.7 Å². The maximum Gasteiger partial charge on any atom is 0.325 e. The van der Waals surface area contributed by atoms with Gasteiger partial charge in [0, 0.05) is 11.5 Å². The number of ketones is 1. The third kappa shape index (κ3) is 4.68. The largest absolute Gasteiger partial charge is 0.506 e. The molecular weight excluding hydrogens is 394 g/mol. The molecular formula is C25H27NO5. The molecule has 31 heavy (non-hydrogen) atoms. The van der Waals surface area contributed by atoms with E-state index in [4.69, 9.17) is 4.74 Å². The molecule has 162 valence electrons. The van der Waals surface area contributed by atoms with Crippen molar-refractivity contribution in [2.75, 3.05) is 6.54 Å². The zero-order valence-corrected chi connectivity index (χ0v) is 18.4. The molecule has 6 nitrogen and oxygen atoms in total. The van der Waals surface area contributed by atoms with Gasteiger partial charge in [-0.15, -0.1) is 0 Å². The number of fused-ring (bicyclic) bond motifs is 1. The summed E-state index contributed by atoms with van der Waals surface area (Å²) in [6.45, 7) is 8.31. The van der Waals surface area contributed by atoms with E-state index in [-0.39, 0.29) is 11.3 Å². The number of carbonyl (C=O) groups is 3. The highest BCUT2D eigenvalue weighted by atomic mass is 16.6. The summed E-state index contributed by atoms with van der Waals surface area (Å²) in [6.07, 6.45) is 0. The van der Waals surface area contributed by atoms with Gasteiger partial charge in [-0.05, 0) is 56.0 Å². The van der Waals surface area contributed by atoms with Crippen molar-refractivity contribution in [3.05, 3.63) is 64.7 Å². The Morgan fingerprint density at radius 3 is 2.35 bits per heavy atom. The van der Waals surface area contributed by atoms with Crippen molar-refractivity contribution >= 4 is 23.4 Å². The standard InChI is InChI=1S/C25H27NO5/c1-14-11-17(16-9-7-6-8-10-16)12-18-15(2)22(28)21(23(29)20(14)18)24(30)26-13-19(27)31-25(3,4)5/h6-12,15,29H,13H2,1-5H3,(H,26,30). The average Bonchev–Trinajstić information content (AvgIpc) is 2.69. The summed E-state index contributed by atoms with van der Waals surface area (Å²) in [4.78, 5) is 37.6. The number of rotatable bonds is 4. The first-order valence-corrected chi connectivity index (χ1v) is 10.2. The predicted octanol–water partition coefficient (Wildman–Crippen LogP) is 4.08. The van der Waals surface area contributed by atoms with Gasteiger partial charge in [-0.1, -0.05) is 43.3 Å². The molecule has 0 aliphatic heterocycles. The van der Waals surface area contributed by atoms with Gasteiger partial charge in [0.25, 0.3) is 5.91 Å². The first-order chi connectivity index (χ1) is 14.5. The van der Waals surface area contributed by atoms with Gasteiger partial charge in [0.2, 0.25) is 0 Å². The molecule has 0 saturated heterocycles. The molecule has 1 amide bonds. The minimum atomic E-state index is -0.794. The van der Waals surface area contributed by atoms with Crippen molar-refractivity contribution in [1.82, 2.24) is 5.32 Å². The third-order valence-electron chi connectivity index (χ3n) is 5.09. The molecule has 2 aromatic rings. The highest BCUT2D eigenvalue weighted by Gasteiger charge is 2.36. The molecule has 2 aromatic carbocycles. The zero-order valence-electron chi connectivity index (χ0n) is 18.4. The summed E-state index contributed by atoms with van der Waals surface area (Å²) in [5.41, 5.74) is 2.81. The Labute approximate surface area is 181 Å². The molecule has 0 aromatic heterocycles. The lowest BCUT2D eigenvalue weighted by Crippen LogP contribution is -2.38. The molecule has 0 radical (unpaired) electrons. The molecule has 0 bridgehead atoms. The van der Waals surface area contributed by atoms with Crippen molar-refractivity contribution in [3.63, 3.8) is 0 Å². The monoisotopic (exact) mass is 421 g/mol. The van der Waals surface area contributed by atoms with Gasteiger partial charge >= 0.3 is 5.97 Å². The molecule has 1 aliphatic carbocycles. The van der Waals surface area contributed by atoms with Crippen LogP contribution in [0.4, 0.5) is 0 Å². The second kappa shape index (κ2) is 8.38. The summed E-state index contributed by atoms with van der Waals surface area (Å²) in [5, 5.41) is 13.2. The van der Waals surface area contributed by atoms with Gasteiger partial charge in [0.05, 0.1) is 0 Å². The highest BCUT2D eigenvalue weighted by molar-refractivity contribution is 6.27. The molecule has 0 spiro atoms. The molecule has 6 heteroatoms. The van der Waals surface area contributed by atoms with Crippen LogP contribution >= 0.6 is 0 Å². The molecule has 0 saturated carbocycles. The summed E-state index contributed by atoms with van der Waals surface area (Å²) >= 11 is 0. The fraction of sp³-hybridized carbons (Fsp3) is 0.320. The Hall–Kier alpha value is -3.41. The molecule has 3 rings (SSSR count). The van der Waals surface area contributed by atoms with E-state index in [0.717, 1.165) is 16.7 Å². The number of aryl methyl sites for hydroxylation is 1. The van der Waals surface area contributed by atoms with E-state index < -0.39 is 35.7 Å². The Morgan fingerprint density at radius 2 is 1.74 bits per heavy atom. The maximum atomic E-state index is 13.0. The van der Waals surface area contributed by atoms with E-state index in [1.807, 2.05) is 49.4 Å². The van der Waals surface area contributed by atoms with Gasteiger partial charge in [-0.2, -0.15) is 0 Å². The zero-order chi connectivity index (χ0) is 22.9. The number of hydrogen-bond donors (Lipinski definition) is 2. The number of nitrogens with one attached hydrogen (secondary N) is 1. The van der Waals surface area contributed by atoms with E-state index in [9.17, 15) is 19.5 Å². The van der Waals surface area contributed by atoms with Crippen LogP contribution in [0.5, 0.6) is 0 Å². The smallest absolute Gasteiger partial charge is 0.325 e. The van der Waals surface area contributed by atoms with Crippen molar-refractivity contribution in [3.8, 4) is 11.1 Å². The lowest BCUT2D eigenvalue weighted by Gasteiger charge is -2.26. The molecule has 2 N–H and O–H groups in total. The van der Waals surface area contributed by atoms with Crippen LogP contribution in [0.1, 0.15) is 50.3 Å². The van der Waals surface area contributed by atoms with Crippen LogP contribution in [-0.4, -0.2) is 34.9 Å². The fourth-order valence-corrected chi connectivity index (χ4v) is 3.71. The van der Waals surface area contributed by atoms with E-state index >= 15 is 0 Å². The van der Waals surface area contributed by atoms with E-state index in [1.165, 1.54) is 0 Å². The summed E-state index contributed by atoms with van der Waals surface area (Å²) in [5.74, 6) is -2.89. The SMILES string of the molecule is Cc1cc(-c2ccccc2)cc2c1C(O)=C(C(=O)NCC(=O)OC(C)(C)C)C(=O)C2C. The van der Waals surface area contributed by atoms with Crippen LogP contribution in [-0.2, 0) is 19.1 Å². The number of Topliss-reactive ketones (excluding diaryl/α,β-unsaturated/α-hetero) is 1. The third-order valence-corrected chi connectivity index (χ3v) is 5.09. The number of benzene rings is 2. The van der Waals surface area contributed by atoms with E-state index in [2.05, 4.69) is 5.32 Å². The Bertz CT molecular complexity index is 1080. The number of hydrogen-bond acceptors (Lipinski definition) is 5. The maximum absolute atomic E-state index is 13.0. The summed E-state index contributed by atoms with van der Waals surface area (Å²) in [7, 11) is 0. The molecule has 1 unspecified atom stereocenters. The van der Waals surface area contributed by atoms with Crippen molar-refractivity contribution in [1.29, 1.82) is 0 Å². The molecule has 0 fully saturated rings. The van der Waals surface area contributed by atoms with Gasteiger partial charge < -0.3 is 15.2 Å². The number of amides is 1. The number of ether oxygens (including phenoxy) is 1. The van der Waals surface area contributed by atoms with Crippen LogP contribution in [0, 0.1) is 6.92 Å². The Balaban J connectivity index is 1.94. The van der Waals surface area contributed by atoms with Crippen LogP contribution in [0.25, 0.3) is 16.9 Å². The Kier molecular flexibility index (Phi) is 6.02. The van der Waals surface area contributed by atoms with Gasteiger partial charge in [-0.3, -0.25) is 14.4 Å². The molecule has 1 aliphatic rings. The number of aliphatic hydroxyl groups excluding tert-OH is 1. The number of esters is 1.